The predicted molar refractivity (Wildman–Crippen MR) is 70.8 cm³/mol. The van der Waals surface area contributed by atoms with E-state index in [9.17, 15) is 4.79 Å². The van der Waals surface area contributed by atoms with Crippen LogP contribution in [-0.4, -0.2) is 52.0 Å². The van der Waals surface area contributed by atoms with Crippen LogP contribution in [0.5, 0.6) is 0 Å². The van der Waals surface area contributed by atoms with Gasteiger partial charge in [-0.05, 0) is 18.8 Å². The van der Waals surface area contributed by atoms with E-state index in [4.69, 9.17) is 0 Å². The summed E-state index contributed by atoms with van der Waals surface area (Å²) in [6.07, 6.45) is 5.28. The molecular weight excluding hydrogens is 242 g/mol. The van der Waals surface area contributed by atoms with Crippen molar-refractivity contribution in [2.45, 2.75) is 32.2 Å². The van der Waals surface area contributed by atoms with Crippen LogP contribution >= 0.6 is 0 Å². The molecule has 0 radical (unpaired) electrons. The summed E-state index contributed by atoms with van der Waals surface area (Å²) in [6, 6.07) is 0.360. The molecule has 0 saturated carbocycles. The summed E-state index contributed by atoms with van der Waals surface area (Å²) in [5.74, 6) is 0.681. The minimum Gasteiger partial charge on any atom is -0.337 e. The zero-order valence-electron chi connectivity index (χ0n) is 11.4. The molecule has 1 aromatic heterocycles. The molecule has 19 heavy (non-hydrogen) atoms. The zero-order chi connectivity index (χ0) is 13.2. The SMILES string of the molecule is CCC1CCCN(C(=O)c2cn(C3CNC3)nn2)C1. The van der Waals surface area contributed by atoms with E-state index in [0.717, 1.165) is 39.0 Å². The quantitative estimate of drug-likeness (QED) is 0.871. The molecule has 2 fully saturated rings. The molecule has 0 aromatic carbocycles. The topological polar surface area (TPSA) is 63.1 Å². The minimum atomic E-state index is 0.0386. The number of carbonyl (C=O) groups is 1. The van der Waals surface area contributed by atoms with Gasteiger partial charge in [0.05, 0.1) is 12.2 Å². The van der Waals surface area contributed by atoms with Crippen molar-refractivity contribution in [2.75, 3.05) is 26.2 Å². The number of aromatic nitrogens is 3. The molecule has 1 unspecified atom stereocenters. The standard InChI is InChI=1S/C13H21N5O/c1-2-10-4-3-5-17(8-10)13(19)12-9-18(16-15-12)11-6-14-7-11/h9-11,14H,2-8H2,1H3. The molecule has 6 heteroatoms. The third kappa shape index (κ3) is 2.49. The van der Waals surface area contributed by atoms with Gasteiger partial charge in [-0.2, -0.15) is 0 Å². The number of carbonyl (C=O) groups excluding carboxylic acids is 1. The fraction of sp³-hybridized carbons (Fsp3) is 0.769. The Morgan fingerprint density at radius 1 is 1.53 bits per heavy atom. The zero-order valence-corrected chi connectivity index (χ0v) is 11.4. The number of rotatable bonds is 3. The molecule has 1 aromatic rings. The first-order valence-electron chi connectivity index (χ1n) is 7.19. The summed E-state index contributed by atoms with van der Waals surface area (Å²) < 4.78 is 1.81. The van der Waals surface area contributed by atoms with E-state index < -0.39 is 0 Å². The van der Waals surface area contributed by atoms with Crippen molar-refractivity contribution in [1.29, 1.82) is 0 Å². The van der Waals surface area contributed by atoms with Gasteiger partial charge in [-0.1, -0.05) is 18.6 Å². The van der Waals surface area contributed by atoms with Crippen LogP contribution in [-0.2, 0) is 0 Å². The molecule has 2 saturated heterocycles. The highest BCUT2D eigenvalue weighted by molar-refractivity contribution is 5.92. The van der Waals surface area contributed by atoms with E-state index in [1.165, 1.54) is 6.42 Å². The minimum absolute atomic E-state index is 0.0386. The van der Waals surface area contributed by atoms with Gasteiger partial charge in [0.1, 0.15) is 0 Å². The maximum Gasteiger partial charge on any atom is 0.276 e. The van der Waals surface area contributed by atoms with E-state index in [1.54, 1.807) is 6.20 Å². The number of likely N-dealkylation sites (tertiary alicyclic amines) is 1. The van der Waals surface area contributed by atoms with Crippen LogP contribution in [0.15, 0.2) is 6.20 Å². The first-order valence-corrected chi connectivity index (χ1v) is 7.19. The molecule has 2 aliphatic heterocycles. The van der Waals surface area contributed by atoms with Crippen molar-refractivity contribution in [3.05, 3.63) is 11.9 Å². The first kappa shape index (κ1) is 12.6. The predicted octanol–water partition coefficient (Wildman–Crippen LogP) is 0.685. The van der Waals surface area contributed by atoms with Crippen LogP contribution in [0.4, 0.5) is 0 Å². The molecule has 2 aliphatic rings. The lowest BCUT2D eigenvalue weighted by Crippen LogP contribution is -2.43. The summed E-state index contributed by atoms with van der Waals surface area (Å²) in [6.45, 7) is 5.75. The Balaban J connectivity index is 1.67. The summed E-state index contributed by atoms with van der Waals surface area (Å²) in [7, 11) is 0. The second kappa shape index (κ2) is 5.28. The molecule has 0 bridgehead atoms. The van der Waals surface area contributed by atoms with Crippen LogP contribution in [0.25, 0.3) is 0 Å². The van der Waals surface area contributed by atoms with Crippen molar-refractivity contribution in [3.63, 3.8) is 0 Å². The van der Waals surface area contributed by atoms with Crippen molar-refractivity contribution in [1.82, 2.24) is 25.2 Å². The van der Waals surface area contributed by atoms with E-state index >= 15 is 0 Å². The number of hydrogen-bond acceptors (Lipinski definition) is 4. The summed E-state index contributed by atoms with van der Waals surface area (Å²) in [5.41, 5.74) is 0.489. The average Bonchev–Trinajstić information content (AvgIpc) is 2.85. The molecular formula is C13H21N5O. The number of piperidine rings is 1. The molecule has 1 atom stereocenters. The third-order valence-electron chi connectivity index (χ3n) is 4.25. The molecule has 1 amide bonds. The number of nitrogens with zero attached hydrogens (tertiary/aromatic N) is 4. The molecule has 6 nitrogen and oxygen atoms in total. The van der Waals surface area contributed by atoms with E-state index in [0.29, 0.717) is 17.7 Å². The lowest BCUT2D eigenvalue weighted by molar-refractivity contribution is 0.0665. The van der Waals surface area contributed by atoms with E-state index in [2.05, 4.69) is 22.6 Å². The number of amides is 1. The summed E-state index contributed by atoms with van der Waals surface area (Å²) in [4.78, 5) is 14.3. The lowest BCUT2D eigenvalue weighted by Gasteiger charge is -2.31. The first-order chi connectivity index (χ1) is 9.28. The molecule has 0 spiro atoms. The van der Waals surface area contributed by atoms with Gasteiger partial charge in [0.2, 0.25) is 0 Å². The molecule has 3 rings (SSSR count). The maximum atomic E-state index is 12.4. The molecule has 1 N–H and O–H groups in total. The van der Waals surface area contributed by atoms with Gasteiger partial charge in [-0.15, -0.1) is 5.10 Å². The fourth-order valence-electron chi connectivity index (χ4n) is 2.76. The average molecular weight is 263 g/mol. The highest BCUT2D eigenvalue weighted by Gasteiger charge is 2.27. The Morgan fingerprint density at radius 2 is 2.37 bits per heavy atom. The van der Waals surface area contributed by atoms with Crippen molar-refractivity contribution in [3.8, 4) is 0 Å². The number of nitrogens with one attached hydrogen (secondary N) is 1. The Labute approximate surface area is 113 Å². The van der Waals surface area contributed by atoms with Crippen LogP contribution in [0.3, 0.4) is 0 Å². The van der Waals surface area contributed by atoms with Crippen LogP contribution in [0.1, 0.15) is 42.7 Å². The highest BCUT2D eigenvalue weighted by atomic mass is 16.2. The Bertz CT molecular complexity index is 454. The summed E-state index contributed by atoms with van der Waals surface area (Å²) >= 11 is 0. The van der Waals surface area contributed by atoms with E-state index in [1.807, 2.05) is 9.58 Å². The Morgan fingerprint density at radius 3 is 3.05 bits per heavy atom. The van der Waals surface area contributed by atoms with Crippen LogP contribution in [0, 0.1) is 5.92 Å². The van der Waals surface area contributed by atoms with Crippen molar-refractivity contribution in [2.24, 2.45) is 5.92 Å². The van der Waals surface area contributed by atoms with Gasteiger partial charge in [-0.25, -0.2) is 4.68 Å². The smallest absolute Gasteiger partial charge is 0.276 e. The monoisotopic (exact) mass is 263 g/mol. The van der Waals surface area contributed by atoms with Crippen LogP contribution in [0.2, 0.25) is 0 Å². The Hall–Kier alpha value is -1.43. The van der Waals surface area contributed by atoms with E-state index in [-0.39, 0.29) is 5.91 Å². The molecule has 3 heterocycles. The lowest BCUT2D eigenvalue weighted by atomic mass is 9.95. The molecule has 0 aliphatic carbocycles. The molecule has 104 valence electrons. The van der Waals surface area contributed by atoms with Crippen LogP contribution < -0.4 is 5.32 Å². The second-order valence-corrected chi connectivity index (χ2v) is 5.56. The highest BCUT2D eigenvalue weighted by Crippen LogP contribution is 2.20. The second-order valence-electron chi connectivity index (χ2n) is 5.56. The van der Waals surface area contributed by atoms with Gasteiger partial charge >= 0.3 is 0 Å². The fourth-order valence-corrected chi connectivity index (χ4v) is 2.76. The van der Waals surface area contributed by atoms with Crippen molar-refractivity contribution >= 4 is 5.91 Å². The summed E-state index contributed by atoms with van der Waals surface area (Å²) in [5, 5.41) is 11.3. The largest absolute Gasteiger partial charge is 0.337 e. The normalized spacial score (nSPS) is 24.3. The van der Waals surface area contributed by atoms with Gasteiger partial charge in [0, 0.05) is 26.2 Å². The van der Waals surface area contributed by atoms with Gasteiger partial charge in [0.25, 0.3) is 5.91 Å². The Kier molecular flexibility index (Phi) is 3.50. The van der Waals surface area contributed by atoms with Gasteiger partial charge in [0.15, 0.2) is 5.69 Å². The van der Waals surface area contributed by atoms with Gasteiger partial charge in [-0.3, -0.25) is 4.79 Å². The number of hydrogen-bond donors (Lipinski definition) is 1. The third-order valence-corrected chi connectivity index (χ3v) is 4.25. The van der Waals surface area contributed by atoms with Crippen molar-refractivity contribution < 1.29 is 4.79 Å². The van der Waals surface area contributed by atoms with Gasteiger partial charge < -0.3 is 10.2 Å². The maximum absolute atomic E-state index is 12.4.